The SMILES string of the molecule is Cc1ccc(C(=O)Nc2ccc(S(=O)(=O)N3CC(C)OC(C)C3)cc2)s1. The van der Waals surface area contributed by atoms with Crippen molar-refractivity contribution in [2.75, 3.05) is 18.4 Å². The summed E-state index contributed by atoms with van der Waals surface area (Å²) in [7, 11) is -3.58. The Bertz CT molecular complexity index is 880. The number of benzene rings is 1. The normalized spacial score (nSPS) is 21.5. The number of aryl methyl sites for hydroxylation is 1. The smallest absolute Gasteiger partial charge is 0.265 e. The van der Waals surface area contributed by atoms with Gasteiger partial charge in [-0.1, -0.05) is 0 Å². The van der Waals surface area contributed by atoms with E-state index in [4.69, 9.17) is 4.74 Å². The molecule has 0 spiro atoms. The van der Waals surface area contributed by atoms with Crippen LogP contribution in [0.2, 0.25) is 0 Å². The van der Waals surface area contributed by atoms with Gasteiger partial charge in [0.1, 0.15) is 0 Å². The fourth-order valence-corrected chi connectivity index (χ4v) is 5.29. The predicted molar refractivity (Wildman–Crippen MR) is 102 cm³/mol. The van der Waals surface area contributed by atoms with E-state index in [1.165, 1.54) is 27.8 Å². The zero-order valence-electron chi connectivity index (χ0n) is 14.9. The Kier molecular flexibility index (Phi) is 5.47. The number of morpholine rings is 1. The summed E-state index contributed by atoms with van der Waals surface area (Å²) < 4.78 is 32.7. The van der Waals surface area contributed by atoms with Gasteiger partial charge in [-0.25, -0.2) is 8.42 Å². The first-order chi connectivity index (χ1) is 12.3. The predicted octanol–water partition coefficient (Wildman–Crippen LogP) is 3.11. The molecule has 0 bridgehead atoms. The van der Waals surface area contributed by atoms with E-state index < -0.39 is 10.0 Å². The van der Waals surface area contributed by atoms with Crippen LogP contribution >= 0.6 is 11.3 Å². The summed E-state index contributed by atoms with van der Waals surface area (Å²) in [5.74, 6) is -0.200. The molecule has 0 saturated carbocycles. The number of amides is 1. The molecular formula is C18H22N2O4S2. The quantitative estimate of drug-likeness (QED) is 0.865. The number of nitrogens with zero attached hydrogens (tertiary/aromatic N) is 1. The van der Waals surface area contributed by atoms with Gasteiger partial charge in [-0.05, 0) is 57.2 Å². The van der Waals surface area contributed by atoms with Crippen LogP contribution in [0.3, 0.4) is 0 Å². The van der Waals surface area contributed by atoms with Gasteiger partial charge >= 0.3 is 0 Å². The van der Waals surface area contributed by atoms with Gasteiger partial charge in [0.25, 0.3) is 5.91 Å². The summed E-state index contributed by atoms with van der Waals surface area (Å²) >= 11 is 1.42. The van der Waals surface area contributed by atoms with Crippen molar-refractivity contribution in [3.05, 3.63) is 46.2 Å². The minimum atomic E-state index is -3.58. The van der Waals surface area contributed by atoms with E-state index in [1.54, 1.807) is 18.2 Å². The molecular weight excluding hydrogens is 372 g/mol. The minimum absolute atomic E-state index is 0.138. The topological polar surface area (TPSA) is 75.7 Å². The molecule has 26 heavy (non-hydrogen) atoms. The maximum Gasteiger partial charge on any atom is 0.265 e. The molecule has 0 radical (unpaired) electrons. The molecule has 1 amide bonds. The molecule has 1 saturated heterocycles. The second-order valence-corrected chi connectivity index (χ2v) is 9.69. The fourth-order valence-electron chi connectivity index (χ4n) is 2.94. The summed E-state index contributed by atoms with van der Waals surface area (Å²) in [6, 6.07) is 9.93. The highest BCUT2D eigenvalue weighted by atomic mass is 32.2. The zero-order valence-corrected chi connectivity index (χ0v) is 16.6. The third-order valence-electron chi connectivity index (χ3n) is 4.10. The molecule has 0 aliphatic carbocycles. The Morgan fingerprint density at radius 1 is 1.12 bits per heavy atom. The van der Waals surface area contributed by atoms with Crippen molar-refractivity contribution < 1.29 is 17.9 Å². The third-order valence-corrected chi connectivity index (χ3v) is 6.95. The molecule has 2 aromatic rings. The summed E-state index contributed by atoms with van der Waals surface area (Å²) in [6.45, 7) is 6.34. The first kappa shape index (κ1) is 19.0. The molecule has 8 heteroatoms. The van der Waals surface area contributed by atoms with Crippen LogP contribution in [-0.2, 0) is 14.8 Å². The number of nitrogens with one attached hydrogen (secondary N) is 1. The van der Waals surface area contributed by atoms with E-state index in [2.05, 4.69) is 5.32 Å². The number of sulfonamides is 1. The maximum absolute atomic E-state index is 12.8. The van der Waals surface area contributed by atoms with Gasteiger partial charge in [-0.15, -0.1) is 11.3 Å². The monoisotopic (exact) mass is 394 g/mol. The molecule has 1 aliphatic rings. The molecule has 1 aliphatic heterocycles. The molecule has 1 fully saturated rings. The summed E-state index contributed by atoms with van der Waals surface area (Å²) in [5, 5.41) is 2.79. The lowest BCUT2D eigenvalue weighted by Gasteiger charge is -2.34. The number of carbonyl (C=O) groups excluding carboxylic acids is 1. The van der Waals surface area contributed by atoms with Crippen LogP contribution in [0.4, 0.5) is 5.69 Å². The van der Waals surface area contributed by atoms with Gasteiger partial charge < -0.3 is 10.1 Å². The van der Waals surface area contributed by atoms with Crippen LogP contribution in [0.25, 0.3) is 0 Å². The van der Waals surface area contributed by atoms with E-state index in [0.717, 1.165) is 4.88 Å². The standard InChI is InChI=1S/C18H22N2O4S2/c1-12-10-20(11-13(2)24-12)26(22,23)16-7-5-15(6-8-16)19-18(21)17-9-4-14(3)25-17/h4-9,12-13H,10-11H2,1-3H3,(H,19,21). The van der Waals surface area contributed by atoms with Gasteiger partial charge in [-0.2, -0.15) is 4.31 Å². The second kappa shape index (κ2) is 7.48. The van der Waals surface area contributed by atoms with Crippen molar-refractivity contribution in [3.8, 4) is 0 Å². The van der Waals surface area contributed by atoms with Gasteiger partial charge in [0, 0.05) is 23.7 Å². The summed E-state index contributed by atoms with van der Waals surface area (Å²) in [6.07, 6.45) is -0.275. The number of hydrogen-bond donors (Lipinski definition) is 1. The molecule has 1 aromatic carbocycles. The van der Waals surface area contributed by atoms with Crippen molar-refractivity contribution in [1.29, 1.82) is 0 Å². The molecule has 140 valence electrons. The molecule has 2 heterocycles. The Morgan fingerprint density at radius 2 is 1.73 bits per heavy atom. The summed E-state index contributed by atoms with van der Waals surface area (Å²) in [4.78, 5) is 14.1. The number of rotatable bonds is 4. The lowest BCUT2D eigenvalue weighted by atomic mass is 10.3. The van der Waals surface area contributed by atoms with E-state index in [-0.39, 0.29) is 23.0 Å². The highest BCUT2D eigenvalue weighted by Crippen LogP contribution is 2.23. The molecule has 6 nitrogen and oxygen atoms in total. The summed E-state index contributed by atoms with van der Waals surface area (Å²) in [5.41, 5.74) is 0.559. The molecule has 2 unspecified atom stereocenters. The van der Waals surface area contributed by atoms with Crippen LogP contribution < -0.4 is 5.32 Å². The van der Waals surface area contributed by atoms with Crippen molar-refractivity contribution in [2.24, 2.45) is 0 Å². The first-order valence-electron chi connectivity index (χ1n) is 8.39. The van der Waals surface area contributed by atoms with Gasteiger partial charge in [0.15, 0.2) is 0 Å². The Balaban J connectivity index is 1.73. The Labute approximate surface area is 157 Å². The zero-order chi connectivity index (χ0) is 18.9. The number of ether oxygens (including phenoxy) is 1. The minimum Gasteiger partial charge on any atom is -0.373 e. The molecule has 3 rings (SSSR count). The lowest BCUT2D eigenvalue weighted by molar-refractivity contribution is -0.0440. The first-order valence-corrected chi connectivity index (χ1v) is 10.6. The van der Waals surface area contributed by atoms with Crippen molar-refractivity contribution in [1.82, 2.24) is 4.31 Å². The number of anilines is 1. The van der Waals surface area contributed by atoms with Crippen LogP contribution in [0.5, 0.6) is 0 Å². The number of carbonyl (C=O) groups is 1. The highest BCUT2D eigenvalue weighted by molar-refractivity contribution is 7.89. The molecule has 1 N–H and O–H groups in total. The fraction of sp³-hybridized carbons (Fsp3) is 0.389. The highest BCUT2D eigenvalue weighted by Gasteiger charge is 2.32. The number of hydrogen-bond acceptors (Lipinski definition) is 5. The van der Waals surface area contributed by atoms with Crippen LogP contribution in [0, 0.1) is 6.92 Å². The van der Waals surface area contributed by atoms with Crippen LogP contribution in [0.15, 0.2) is 41.3 Å². The van der Waals surface area contributed by atoms with Crippen LogP contribution in [0.1, 0.15) is 28.4 Å². The van der Waals surface area contributed by atoms with Gasteiger partial charge in [0.2, 0.25) is 10.0 Å². The maximum atomic E-state index is 12.8. The van der Waals surface area contributed by atoms with Crippen LogP contribution in [-0.4, -0.2) is 43.9 Å². The largest absolute Gasteiger partial charge is 0.373 e. The molecule has 1 aromatic heterocycles. The second-order valence-electron chi connectivity index (χ2n) is 6.47. The molecule has 2 atom stereocenters. The van der Waals surface area contributed by atoms with E-state index in [9.17, 15) is 13.2 Å². The average Bonchev–Trinajstić information content (AvgIpc) is 3.01. The van der Waals surface area contributed by atoms with Crippen molar-refractivity contribution in [2.45, 2.75) is 37.9 Å². The van der Waals surface area contributed by atoms with E-state index in [1.807, 2.05) is 26.8 Å². The van der Waals surface area contributed by atoms with E-state index >= 15 is 0 Å². The number of thiophene rings is 1. The average molecular weight is 395 g/mol. The Morgan fingerprint density at radius 3 is 2.27 bits per heavy atom. The van der Waals surface area contributed by atoms with Crippen molar-refractivity contribution in [3.63, 3.8) is 0 Å². The van der Waals surface area contributed by atoms with E-state index in [0.29, 0.717) is 23.7 Å². The van der Waals surface area contributed by atoms with Gasteiger partial charge in [-0.3, -0.25) is 4.79 Å². The third kappa shape index (κ3) is 4.15. The Hall–Kier alpha value is -1.74. The van der Waals surface area contributed by atoms with Gasteiger partial charge in [0.05, 0.1) is 22.0 Å². The lowest BCUT2D eigenvalue weighted by Crippen LogP contribution is -2.48. The van der Waals surface area contributed by atoms with Crippen molar-refractivity contribution >= 4 is 33.0 Å².